The zero-order valence-electron chi connectivity index (χ0n) is 9.07. The molecule has 1 atom stereocenters. The van der Waals surface area contributed by atoms with Crippen LogP contribution in [0, 0.1) is 17.8 Å². The molecule has 0 amide bonds. The standard InChI is InChI=1S/C10H20O3Si/c1-7(13-14)2-10(8-3-11-4-8)9-5-12-6-9/h7-10H,2-6H2,1,14H3. The molecule has 4 heteroatoms. The lowest BCUT2D eigenvalue weighted by molar-refractivity contribution is -0.134. The molecule has 0 radical (unpaired) electrons. The van der Waals surface area contributed by atoms with Gasteiger partial charge in [-0.15, -0.1) is 0 Å². The first-order valence-electron chi connectivity index (χ1n) is 5.49. The molecule has 14 heavy (non-hydrogen) atoms. The molecule has 3 nitrogen and oxygen atoms in total. The predicted molar refractivity (Wildman–Crippen MR) is 57.2 cm³/mol. The second-order valence-electron chi connectivity index (χ2n) is 4.54. The summed E-state index contributed by atoms with van der Waals surface area (Å²) in [4.78, 5) is 0. The highest BCUT2D eigenvalue weighted by Crippen LogP contribution is 2.35. The normalized spacial score (nSPS) is 26.1. The van der Waals surface area contributed by atoms with Crippen molar-refractivity contribution in [3.8, 4) is 0 Å². The molecule has 0 aliphatic carbocycles. The molecule has 0 bridgehead atoms. The van der Waals surface area contributed by atoms with E-state index in [1.54, 1.807) is 0 Å². The van der Waals surface area contributed by atoms with E-state index in [0.717, 1.165) is 54.7 Å². The zero-order chi connectivity index (χ0) is 9.97. The predicted octanol–water partition coefficient (Wildman–Crippen LogP) is -0.0290. The van der Waals surface area contributed by atoms with Crippen molar-refractivity contribution in [3.63, 3.8) is 0 Å². The Bertz CT molecular complexity index is 166. The van der Waals surface area contributed by atoms with E-state index in [9.17, 15) is 0 Å². The van der Waals surface area contributed by atoms with Gasteiger partial charge in [0.25, 0.3) is 0 Å². The molecule has 2 rings (SSSR count). The molecule has 0 N–H and O–H groups in total. The van der Waals surface area contributed by atoms with Gasteiger partial charge in [0.1, 0.15) is 10.5 Å². The van der Waals surface area contributed by atoms with Crippen LogP contribution in [0.5, 0.6) is 0 Å². The van der Waals surface area contributed by atoms with Gasteiger partial charge >= 0.3 is 0 Å². The van der Waals surface area contributed by atoms with E-state index in [1.807, 2.05) is 0 Å². The van der Waals surface area contributed by atoms with Gasteiger partial charge < -0.3 is 13.9 Å². The monoisotopic (exact) mass is 216 g/mol. The van der Waals surface area contributed by atoms with E-state index < -0.39 is 0 Å². The SMILES string of the molecule is CC(CC(C1COC1)C1COC1)O[SiH3]. The van der Waals surface area contributed by atoms with Crippen LogP contribution in [0.1, 0.15) is 13.3 Å². The summed E-state index contributed by atoms with van der Waals surface area (Å²) in [7, 11) is 0.847. The van der Waals surface area contributed by atoms with E-state index in [4.69, 9.17) is 13.9 Å². The first-order chi connectivity index (χ1) is 6.81. The molecular weight excluding hydrogens is 196 g/mol. The summed E-state index contributed by atoms with van der Waals surface area (Å²) in [5.74, 6) is 2.30. The second kappa shape index (κ2) is 4.75. The summed E-state index contributed by atoms with van der Waals surface area (Å²) >= 11 is 0. The van der Waals surface area contributed by atoms with Gasteiger partial charge in [0.15, 0.2) is 0 Å². The van der Waals surface area contributed by atoms with Crippen LogP contribution in [0.2, 0.25) is 0 Å². The van der Waals surface area contributed by atoms with Crippen molar-refractivity contribution in [1.82, 2.24) is 0 Å². The topological polar surface area (TPSA) is 27.7 Å². The molecule has 0 aromatic heterocycles. The Morgan fingerprint density at radius 1 is 1.21 bits per heavy atom. The first-order valence-corrected chi connectivity index (χ1v) is 6.31. The smallest absolute Gasteiger partial charge is 0.146 e. The van der Waals surface area contributed by atoms with E-state index >= 15 is 0 Å². The van der Waals surface area contributed by atoms with Gasteiger partial charge in [0, 0.05) is 17.9 Å². The third-order valence-electron chi connectivity index (χ3n) is 3.55. The Balaban J connectivity index is 1.84. The van der Waals surface area contributed by atoms with Crippen LogP contribution in [0.25, 0.3) is 0 Å². The highest BCUT2D eigenvalue weighted by molar-refractivity contribution is 5.98. The third kappa shape index (κ3) is 2.19. The highest BCUT2D eigenvalue weighted by Gasteiger charge is 2.38. The van der Waals surface area contributed by atoms with Gasteiger partial charge in [-0.05, 0) is 19.3 Å². The van der Waals surface area contributed by atoms with Crippen LogP contribution in [-0.4, -0.2) is 43.0 Å². The molecule has 2 saturated heterocycles. The molecule has 0 aromatic carbocycles. The van der Waals surface area contributed by atoms with Crippen molar-refractivity contribution in [2.75, 3.05) is 26.4 Å². The largest absolute Gasteiger partial charge is 0.425 e. The molecule has 0 aromatic rings. The Morgan fingerprint density at radius 3 is 2.00 bits per heavy atom. The van der Waals surface area contributed by atoms with Gasteiger partial charge in [0.05, 0.1) is 26.4 Å². The third-order valence-corrected chi connectivity index (χ3v) is 4.35. The van der Waals surface area contributed by atoms with Crippen molar-refractivity contribution >= 4 is 10.5 Å². The van der Waals surface area contributed by atoms with Gasteiger partial charge in [-0.2, -0.15) is 0 Å². The first kappa shape index (κ1) is 10.6. The number of hydrogen-bond acceptors (Lipinski definition) is 3. The minimum atomic E-state index is 0.424. The quantitative estimate of drug-likeness (QED) is 0.604. The number of ether oxygens (including phenoxy) is 2. The Kier molecular flexibility index (Phi) is 3.60. The highest BCUT2D eigenvalue weighted by atomic mass is 28.2. The summed E-state index contributed by atoms with van der Waals surface area (Å²) in [6, 6.07) is 0. The lowest BCUT2D eigenvalue weighted by Crippen LogP contribution is -2.45. The van der Waals surface area contributed by atoms with Crippen molar-refractivity contribution in [2.24, 2.45) is 17.8 Å². The molecule has 82 valence electrons. The second-order valence-corrected chi connectivity index (χ2v) is 5.01. The van der Waals surface area contributed by atoms with Gasteiger partial charge in [-0.25, -0.2) is 0 Å². The van der Waals surface area contributed by atoms with Crippen LogP contribution in [0.3, 0.4) is 0 Å². The average Bonchev–Trinajstić information content (AvgIpc) is 1.97. The maximum atomic E-state index is 5.48. The molecule has 2 fully saturated rings. The maximum absolute atomic E-state index is 5.48. The zero-order valence-corrected chi connectivity index (χ0v) is 11.1. The Morgan fingerprint density at radius 2 is 1.71 bits per heavy atom. The Hall–Kier alpha value is 0.0969. The molecule has 2 aliphatic rings. The van der Waals surface area contributed by atoms with E-state index in [1.165, 1.54) is 6.42 Å². The van der Waals surface area contributed by atoms with Gasteiger partial charge in [0.2, 0.25) is 0 Å². The summed E-state index contributed by atoms with van der Waals surface area (Å²) in [5.41, 5.74) is 0. The minimum absolute atomic E-state index is 0.424. The molecule has 2 heterocycles. The number of hydrogen-bond donors (Lipinski definition) is 0. The Labute approximate surface area is 88.6 Å². The lowest BCUT2D eigenvalue weighted by atomic mass is 9.76. The molecule has 0 spiro atoms. The van der Waals surface area contributed by atoms with Crippen LogP contribution in [-0.2, 0) is 13.9 Å². The maximum Gasteiger partial charge on any atom is 0.146 e. The fourth-order valence-corrected chi connectivity index (χ4v) is 2.44. The fourth-order valence-electron chi connectivity index (χ4n) is 2.25. The van der Waals surface area contributed by atoms with E-state index in [0.29, 0.717) is 6.10 Å². The number of rotatable bonds is 5. The van der Waals surface area contributed by atoms with Gasteiger partial charge in [-0.1, -0.05) is 0 Å². The van der Waals surface area contributed by atoms with Crippen LogP contribution < -0.4 is 0 Å². The van der Waals surface area contributed by atoms with Crippen LogP contribution in [0.4, 0.5) is 0 Å². The van der Waals surface area contributed by atoms with Crippen molar-refractivity contribution < 1.29 is 13.9 Å². The molecule has 1 unspecified atom stereocenters. The lowest BCUT2D eigenvalue weighted by Gasteiger charge is -2.42. The summed E-state index contributed by atoms with van der Waals surface area (Å²) < 4.78 is 16.0. The fraction of sp³-hybridized carbons (Fsp3) is 1.00. The van der Waals surface area contributed by atoms with Crippen LogP contribution in [0.15, 0.2) is 0 Å². The van der Waals surface area contributed by atoms with Crippen molar-refractivity contribution in [2.45, 2.75) is 19.4 Å². The summed E-state index contributed by atoms with van der Waals surface area (Å²) in [5, 5.41) is 0. The molecule has 2 aliphatic heterocycles. The molecule has 0 saturated carbocycles. The summed E-state index contributed by atoms with van der Waals surface area (Å²) in [6.45, 7) is 5.99. The van der Waals surface area contributed by atoms with E-state index in [2.05, 4.69) is 6.92 Å². The summed E-state index contributed by atoms with van der Waals surface area (Å²) in [6.07, 6.45) is 1.61. The van der Waals surface area contributed by atoms with Crippen LogP contribution >= 0.6 is 0 Å². The van der Waals surface area contributed by atoms with E-state index in [-0.39, 0.29) is 0 Å². The van der Waals surface area contributed by atoms with Crippen molar-refractivity contribution in [3.05, 3.63) is 0 Å². The van der Waals surface area contributed by atoms with Gasteiger partial charge in [-0.3, -0.25) is 0 Å². The minimum Gasteiger partial charge on any atom is -0.425 e. The average molecular weight is 216 g/mol. The molecular formula is C10H20O3Si. The van der Waals surface area contributed by atoms with Crippen molar-refractivity contribution in [1.29, 1.82) is 0 Å².